The Morgan fingerprint density at radius 1 is 1.09 bits per heavy atom. The first-order chi connectivity index (χ1) is 15.5. The van der Waals surface area contributed by atoms with Crippen LogP contribution in [0, 0.1) is 16.0 Å². The second kappa shape index (κ2) is 8.60. The molecule has 0 unspecified atom stereocenters. The van der Waals surface area contributed by atoms with Gasteiger partial charge in [-0.25, -0.2) is 0 Å². The van der Waals surface area contributed by atoms with E-state index in [0.717, 1.165) is 30.0 Å². The van der Waals surface area contributed by atoms with Gasteiger partial charge in [0.05, 0.1) is 30.1 Å². The topological polar surface area (TPSA) is 79.2 Å². The van der Waals surface area contributed by atoms with Gasteiger partial charge in [0.25, 0.3) is 5.69 Å². The average Bonchev–Trinajstić information content (AvgIpc) is 2.83. The van der Waals surface area contributed by atoms with E-state index in [9.17, 15) is 14.9 Å². The summed E-state index contributed by atoms with van der Waals surface area (Å²) in [7, 11) is 0. The highest BCUT2D eigenvalue weighted by Gasteiger charge is 2.42. The first-order valence-corrected chi connectivity index (χ1v) is 11.3. The number of nitro groups is 1. The van der Waals surface area contributed by atoms with Gasteiger partial charge in [0.2, 0.25) is 5.91 Å². The van der Waals surface area contributed by atoms with E-state index in [2.05, 4.69) is 9.80 Å². The van der Waals surface area contributed by atoms with Crippen molar-refractivity contribution in [1.82, 2.24) is 4.90 Å². The summed E-state index contributed by atoms with van der Waals surface area (Å²) in [5.41, 5.74) is 2.99. The van der Waals surface area contributed by atoms with Crippen LogP contribution in [0.2, 0.25) is 5.02 Å². The van der Waals surface area contributed by atoms with Crippen LogP contribution in [0.3, 0.4) is 0 Å². The SMILES string of the molecule is O=C([C@H]1Cc2cc([N+](=O)[O-])ccc2N2CCOC[C@@H]12)N1CCN(c2cccc(Cl)c2)CC1. The summed E-state index contributed by atoms with van der Waals surface area (Å²) < 4.78 is 5.73. The number of amides is 1. The molecule has 0 N–H and O–H groups in total. The number of halogens is 1. The highest BCUT2D eigenvalue weighted by Crippen LogP contribution is 2.38. The van der Waals surface area contributed by atoms with Crippen molar-refractivity contribution in [3.63, 3.8) is 0 Å². The average molecular weight is 457 g/mol. The number of morpholine rings is 1. The predicted molar refractivity (Wildman–Crippen MR) is 122 cm³/mol. The molecular formula is C23H25ClN4O4. The third-order valence-electron chi connectivity index (χ3n) is 6.73. The van der Waals surface area contributed by atoms with Crippen LogP contribution in [0.1, 0.15) is 5.56 Å². The lowest BCUT2D eigenvalue weighted by molar-refractivity contribution is -0.384. The lowest BCUT2D eigenvalue weighted by Gasteiger charge is -2.47. The highest BCUT2D eigenvalue weighted by atomic mass is 35.5. The summed E-state index contributed by atoms with van der Waals surface area (Å²) >= 11 is 6.13. The predicted octanol–water partition coefficient (Wildman–Crippen LogP) is 2.97. The fourth-order valence-electron chi connectivity index (χ4n) is 5.10. The van der Waals surface area contributed by atoms with Crippen molar-refractivity contribution in [3.8, 4) is 0 Å². The summed E-state index contributed by atoms with van der Waals surface area (Å²) in [4.78, 5) is 30.9. The number of hydrogen-bond donors (Lipinski definition) is 0. The van der Waals surface area contributed by atoms with E-state index in [1.165, 1.54) is 0 Å². The van der Waals surface area contributed by atoms with Gasteiger partial charge in [-0.05, 0) is 36.2 Å². The monoisotopic (exact) mass is 456 g/mol. The fourth-order valence-corrected chi connectivity index (χ4v) is 5.29. The number of hydrogen-bond acceptors (Lipinski definition) is 6. The van der Waals surface area contributed by atoms with Crippen molar-refractivity contribution < 1.29 is 14.5 Å². The van der Waals surface area contributed by atoms with Crippen LogP contribution in [0.25, 0.3) is 0 Å². The molecule has 2 saturated heterocycles. The Hall–Kier alpha value is -2.84. The Morgan fingerprint density at radius 3 is 2.66 bits per heavy atom. The van der Waals surface area contributed by atoms with Gasteiger partial charge in [-0.1, -0.05) is 17.7 Å². The summed E-state index contributed by atoms with van der Waals surface area (Å²) in [6.07, 6.45) is 0.495. The zero-order valence-corrected chi connectivity index (χ0v) is 18.4. The van der Waals surface area contributed by atoms with E-state index < -0.39 is 0 Å². The minimum atomic E-state index is -0.377. The van der Waals surface area contributed by atoms with Crippen molar-refractivity contribution in [2.24, 2.45) is 5.92 Å². The van der Waals surface area contributed by atoms with Crippen LogP contribution < -0.4 is 9.80 Å². The third-order valence-corrected chi connectivity index (χ3v) is 6.97. The number of fused-ring (bicyclic) bond motifs is 3. The van der Waals surface area contributed by atoms with E-state index in [-0.39, 0.29) is 28.5 Å². The number of rotatable bonds is 3. The standard InChI is InChI=1S/C23H25ClN4O4/c24-17-2-1-3-18(14-17)25-6-8-26(9-7-25)23(29)20-13-16-12-19(28(30)31)4-5-21(16)27-10-11-32-15-22(20)27/h1-5,12,14,20,22H,6-11,13,15H2/t20-,22-/m0/s1. The minimum Gasteiger partial charge on any atom is -0.377 e. The maximum Gasteiger partial charge on any atom is 0.269 e. The molecular weight excluding hydrogens is 432 g/mol. The van der Waals surface area contributed by atoms with Crippen molar-refractivity contribution in [2.45, 2.75) is 12.5 Å². The van der Waals surface area contributed by atoms with Gasteiger partial charge in [0, 0.05) is 61.3 Å². The van der Waals surface area contributed by atoms with Crippen LogP contribution in [0.4, 0.5) is 17.1 Å². The van der Waals surface area contributed by atoms with Crippen molar-refractivity contribution in [3.05, 3.63) is 63.2 Å². The number of benzene rings is 2. The molecule has 3 aliphatic rings. The summed E-state index contributed by atoms with van der Waals surface area (Å²) in [6.45, 7) is 4.52. The van der Waals surface area contributed by atoms with E-state index >= 15 is 0 Å². The molecule has 0 saturated carbocycles. The molecule has 2 aromatic carbocycles. The van der Waals surface area contributed by atoms with E-state index in [4.69, 9.17) is 16.3 Å². The number of carbonyl (C=O) groups excluding carboxylic acids is 1. The largest absolute Gasteiger partial charge is 0.377 e. The molecule has 0 aromatic heterocycles. The second-order valence-electron chi connectivity index (χ2n) is 8.51. The Labute approximate surface area is 191 Å². The molecule has 5 rings (SSSR count). The molecule has 0 bridgehead atoms. The second-order valence-corrected chi connectivity index (χ2v) is 8.95. The van der Waals surface area contributed by atoms with Gasteiger partial charge in [-0.2, -0.15) is 0 Å². The molecule has 3 heterocycles. The van der Waals surface area contributed by atoms with Crippen LogP contribution in [-0.2, 0) is 16.0 Å². The summed E-state index contributed by atoms with van der Waals surface area (Å²) in [5, 5.41) is 12.0. The number of non-ortho nitro benzene ring substituents is 1. The highest BCUT2D eigenvalue weighted by molar-refractivity contribution is 6.30. The number of ether oxygens (including phenoxy) is 1. The maximum atomic E-state index is 13.6. The molecule has 8 nitrogen and oxygen atoms in total. The van der Waals surface area contributed by atoms with E-state index in [1.54, 1.807) is 12.1 Å². The lowest BCUT2D eigenvalue weighted by atomic mass is 9.83. The molecule has 2 fully saturated rings. The Kier molecular flexibility index (Phi) is 5.65. The minimum absolute atomic E-state index is 0.0452. The van der Waals surface area contributed by atoms with Gasteiger partial charge in [0.15, 0.2) is 0 Å². The summed E-state index contributed by atoms with van der Waals surface area (Å²) in [5.74, 6) is -0.170. The smallest absolute Gasteiger partial charge is 0.269 e. The quantitative estimate of drug-likeness (QED) is 0.522. The van der Waals surface area contributed by atoms with Crippen LogP contribution >= 0.6 is 11.6 Å². The van der Waals surface area contributed by atoms with Gasteiger partial charge >= 0.3 is 0 Å². The summed E-state index contributed by atoms with van der Waals surface area (Å²) in [6, 6.07) is 12.7. The van der Waals surface area contributed by atoms with Crippen molar-refractivity contribution in [2.75, 3.05) is 55.7 Å². The van der Waals surface area contributed by atoms with E-state index in [0.29, 0.717) is 44.3 Å². The Morgan fingerprint density at radius 2 is 1.91 bits per heavy atom. The lowest BCUT2D eigenvalue weighted by Crippen LogP contribution is -2.59. The third kappa shape index (κ3) is 3.89. The molecule has 2 aromatic rings. The van der Waals surface area contributed by atoms with Crippen LogP contribution in [-0.4, -0.2) is 67.7 Å². The number of nitro benzene ring substituents is 1. The van der Waals surface area contributed by atoms with Gasteiger partial charge in [0.1, 0.15) is 0 Å². The zero-order valence-electron chi connectivity index (χ0n) is 17.7. The van der Waals surface area contributed by atoms with Crippen molar-refractivity contribution >= 4 is 34.6 Å². The number of nitrogens with zero attached hydrogens (tertiary/aromatic N) is 4. The van der Waals surface area contributed by atoms with Gasteiger partial charge in [-0.3, -0.25) is 14.9 Å². The first-order valence-electron chi connectivity index (χ1n) is 10.9. The number of piperazine rings is 1. The zero-order chi connectivity index (χ0) is 22.2. The Balaban J connectivity index is 1.34. The van der Waals surface area contributed by atoms with E-state index in [1.807, 2.05) is 35.2 Å². The maximum absolute atomic E-state index is 13.6. The molecule has 0 radical (unpaired) electrons. The van der Waals surface area contributed by atoms with Gasteiger partial charge < -0.3 is 19.4 Å². The number of anilines is 2. The molecule has 1 amide bonds. The molecule has 9 heteroatoms. The fraction of sp³-hybridized carbons (Fsp3) is 0.435. The normalized spacial score (nSPS) is 22.8. The molecule has 3 aliphatic heterocycles. The number of carbonyl (C=O) groups is 1. The van der Waals surface area contributed by atoms with Crippen molar-refractivity contribution in [1.29, 1.82) is 0 Å². The molecule has 0 aliphatic carbocycles. The van der Waals surface area contributed by atoms with Crippen LogP contribution in [0.5, 0.6) is 0 Å². The Bertz CT molecular complexity index is 1040. The molecule has 2 atom stereocenters. The molecule has 168 valence electrons. The van der Waals surface area contributed by atoms with Crippen LogP contribution in [0.15, 0.2) is 42.5 Å². The molecule has 32 heavy (non-hydrogen) atoms. The first kappa shape index (κ1) is 21.0. The van der Waals surface area contributed by atoms with Gasteiger partial charge in [-0.15, -0.1) is 0 Å². The molecule has 0 spiro atoms.